The lowest BCUT2D eigenvalue weighted by molar-refractivity contribution is -0.146. The van der Waals surface area contributed by atoms with E-state index in [1.807, 2.05) is 12.1 Å². The zero-order chi connectivity index (χ0) is 15.7. The molecule has 2 N–H and O–H groups in total. The van der Waals surface area contributed by atoms with Gasteiger partial charge in [-0.1, -0.05) is 59.7 Å². The molecule has 112 valence electrons. The van der Waals surface area contributed by atoms with E-state index < -0.39 is 12.1 Å². The van der Waals surface area contributed by atoms with Gasteiger partial charge in [0.05, 0.1) is 0 Å². The van der Waals surface area contributed by atoms with Crippen molar-refractivity contribution in [2.75, 3.05) is 0 Å². The molecular weight excluding hydrogens is 252 g/mol. The Morgan fingerprint density at radius 3 is 1.70 bits per heavy atom. The van der Waals surface area contributed by atoms with Crippen molar-refractivity contribution in [3.8, 4) is 0 Å². The molecule has 0 saturated heterocycles. The molecule has 0 aliphatic heterocycles. The summed E-state index contributed by atoms with van der Waals surface area (Å²) in [6, 6.07) is 6.18. The highest BCUT2D eigenvalue weighted by atomic mass is 16.4. The molecule has 0 aromatic heterocycles. The van der Waals surface area contributed by atoms with Crippen LogP contribution in [-0.4, -0.2) is 22.3 Å². The molecule has 0 aliphatic carbocycles. The van der Waals surface area contributed by atoms with Crippen LogP contribution < -0.4 is 0 Å². The predicted octanol–water partition coefficient (Wildman–Crippen LogP) is 3.27. The SMILES string of the molecule is CC(C)(C)c1cc(C[C@@H](O)C(=O)O)cc(C(C)(C)C)c1. The Kier molecular flexibility index (Phi) is 4.65. The van der Waals surface area contributed by atoms with Crippen LogP contribution in [0.15, 0.2) is 18.2 Å². The third-order valence-electron chi connectivity index (χ3n) is 3.44. The number of carbonyl (C=O) groups is 1. The fraction of sp³-hybridized carbons (Fsp3) is 0.588. The third kappa shape index (κ3) is 4.34. The van der Waals surface area contributed by atoms with Crippen molar-refractivity contribution in [1.82, 2.24) is 0 Å². The van der Waals surface area contributed by atoms with E-state index >= 15 is 0 Å². The van der Waals surface area contributed by atoms with Gasteiger partial charge < -0.3 is 10.2 Å². The summed E-state index contributed by atoms with van der Waals surface area (Å²) < 4.78 is 0. The van der Waals surface area contributed by atoms with Crippen LogP contribution in [0.5, 0.6) is 0 Å². The van der Waals surface area contributed by atoms with Crippen LogP contribution in [0.3, 0.4) is 0 Å². The summed E-state index contributed by atoms with van der Waals surface area (Å²) in [6.45, 7) is 12.8. The van der Waals surface area contributed by atoms with Crippen LogP contribution in [0.1, 0.15) is 58.2 Å². The first kappa shape index (κ1) is 16.7. The average molecular weight is 278 g/mol. The van der Waals surface area contributed by atoms with E-state index in [-0.39, 0.29) is 17.3 Å². The van der Waals surface area contributed by atoms with Crippen LogP contribution in [-0.2, 0) is 22.0 Å². The minimum Gasteiger partial charge on any atom is -0.479 e. The van der Waals surface area contributed by atoms with Crippen molar-refractivity contribution in [2.45, 2.75) is 64.9 Å². The lowest BCUT2D eigenvalue weighted by Gasteiger charge is -2.26. The summed E-state index contributed by atoms with van der Waals surface area (Å²) in [5.74, 6) is -1.18. The zero-order valence-electron chi connectivity index (χ0n) is 13.3. The molecule has 1 rings (SSSR count). The highest BCUT2D eigenvalue weighted by Crippen LogP contribution is 2.30. The summed E-state index contributed by atoms with van der Waals surface area (Å²) in [4.78, 5) is 10.8. The van der Waals surface area contributed by atoms with Crippen LogP contribution in [0.25, 0.3) is 0 Å². The Morgan fingerprint density at radius 1 is 1.00 bits per heavy atom. The van der Waals surface area contributed by atoms with Crippen LogP contribution >= 0.6 is 0 Å². The molecule has 3 heteroatoms. The first-order valence-corrected chi connectivity index (χ1v) is 6.97. The van der Waals surface area contributed by atoms with Gasteiger partial charge in [-0.3, -0.25) is 0 Å². The average Bonchev–Trinajstić information content (AvgIpc) is 2.26. The van der Waals surface area contributed by atoms with Crippen molar-refractivity contribution >= 4 is 5.97 Å². The van der Waals surface area contributed by atoms with Crippen LogP contribution in [0.4, 0.5) is 0 Å². The minimum absolute atomic E-state index is 0.00974. The summed E-state index contributed by atoms with van der Waals surface area (Å²) >= 11 is 0. The Balaban J connectivity index is 3.28. The van der Waals surface area contributed by atoms with Gasteiger partial charge in [-0.15, -0.1) is 0 Å². The van der Waals surface area contributed by atoms with Crippen molar-refractivity contribution in [3.63, 3.8) is 0 Å². The van der Waals surface area contributed by atoms with Crippen molar-refractivity contribution < 1.29 is 15.0 Å². The van der Waals surface area contributed by atoms with E-state index in [2.05, 4.69) is 47.6 Å². The fourth-order valence-corrected chi connectivity index (χ4v) is 1.99. The lowest BCUT2D eigenvalue weighted by atomic mass is 9.79. The summed E-state index contributed by atoms with van der Waals surface area (Å²) in [7, 11) is 0. The van der Waals surface area contributed by atoms with Crippen LogP contribution in [0, 0.1) is 0 Å². The maximum absolute atomic E-state index is 10.8. The number of carboxylic acids is 1. The second-order valence-corrected chi connectivity index (χ2v) is 7.48. The first-order valence-electron chi connectivity index (χ1n) is 6.97. The summed E-state index contributed by atoms with van der Waals surface area (Å²) in [6.07, 6.45) is -1.21. The molecular formula is C17H26O3. The number of hydrogen-bond donors (Lipinski definition) is 2. The molecule has 0 amide bonds. The largest absolute Gasteiger partial charge is 0.479 e. The molecule has 0 unspecified atom stereocenters. The van der Waals surface area contributed by atoms with Gasteiger partial charge in [-0.2, -0.15) is 0 Å². The smallest absolute Gasteiger partial charge is 0.332 e. The van der Waals surface area contributed by atoms with E-state index in [0.29, 0.717) is 0 Å². The molecule has 0 fully saturated rings. The molecule has 1 atom stereocenters. The number of rotatable bonds is 3. The van der Waals surface area contributed by atoms with Gasteiger partial charge in [-0.25, -0.2) is 4.79 Å². The molecule has 0 aliphatic rings. The van der Waals surface area contributed by atoms with Crippen molar-refractivity contribution in [3.05, 3.63) is 34.9 Å². The maximum atomic E-state index is 10.8. The van der Waals surface area contributed by atoms with E-state index in [4.69, 9.17) is 5.11 Å². The summed E-state index contributed by atoms with van der Waals surface area (Å²) in [5.41, 5.74) is 3.18. The quantitative estimate of drug-likeness (QED) is 0.892. The highest BCUT2D eigenvalue weighted by molar-refractivity contribution is 5.72. The minimum atomic E-state index is -1.35. The lowest BCUT2D eigenvalue weighted by Crippen LogP contribution is -2.23. The monoisotopic (exact) mass is 278 g/mol. The van der Waals surface area contributed by atoms with Gasteiger partial charge in [0.25, 0.3) is 0 Å². The third-order valence-corrected chi connectivity index (χ3v) is 3.44. The Bertz CT molecular complexity index is 458. The van der Waals surface area contributed by atoms with Crippen molar-refractivity contribution in [1.29, 1.82) is 0 Å². The Hall–Kier alpha value is -1.35. The molecule has 20 heavy (non-hydrogen) atoms. The fourth-order valence-electron chi connectivity index (χ4n) is 1.99. The highest BCUT2D eigenvalue weighted by Gasteiger charge is 2.22. The summed E-state index contributed by atoms with van der Waals surface area (Å²) in [5, 5.41) is 18.4. The second-order valence-electron chi connectivity index (χ2n) is 7.48. The van der Waals surface area contributed by atoms with E-state index in [1.165, 1.54) is 0 Å². The van der Waals surface area contributed by atoms with E-state index in [9.17, 15) is 9.90 Å². The van der Waals surface area contributed by atoms with Crippen molar-refractivity contribution in [2.24, 2.45) is 0 Å². The Labute approximate surface area is 121 Å². The topological polar surface area (TPSA) is 57.5 Å². The molecule has 1 aromatic carbocycles. The van der Waals surface area contributed by atoms with Crippen LogP contribution in [0.2, 0.25) is 0 Å². The number of carboxylic acid groups (broad SMARTS) is 1. The predicted molar refractivity (Wildman–Crippen MR) is 81.2 cm³/mol. The van der Waals surface area contributed by atoms with Gasteiger partial charge in [0, 0.05) is 6.42 Å². The van der Waals surface area contributed by atoms with Gasteiger partial charge in [0.15, 0.2) is 6.10 Å². The van der Waals surface area contributed by atoms with E-state index in [1.54, 1.807) is 0 Å². The first-order chi connectivity index (χ1) is 8.91. The van der Waals surface area contributed by atoms with Gasteiger partial charge >= 0.3 is 5.97 Å². The molecule has 0 radical (unpaired) electrons. The van der Waals surface area contributed by atoms with Gasteiger partial charge in [-0.05, 0) is 27.5 Å². The van der Waals surface area contributed by atoms with E-state index in [0.717, 1.165) is 16.7 Å². The number of hydrogen-bond acceptors (Lipinski definition) is 2. The Morgan fingerprint density at radius 2 is 1.40 bits per heavy atom. The standard InChI is InChI=1S/C17H26O3/c1-16(2,3)12-7-11(9-14(18)15(19)20)8-13(10-12)17(4,5)6/h7-8,10,14,18H,9H2,1-6H3,(H,19,20)/t14-/m1/s1. The molecule has 0 bridgehead atoms. The number of benzene rings is 1. The molecule has 1 aromatic rings. The second kappa shape index (κ2) is 5.57. The molecule has 0 heterocycles. The molecule has 3 nitrogen and oxygen atoms in total. The number of aliphatic hydroxyl groups is 1. The normalized spacial score (nSPS) is 14.2. The van der Waals surface area contributed by atoms with Gasteiger partial charge in [0.1, 0.15) is 0 Å². The number of aliphatic hydroxyl groups excluding tert-OH is 1. The molecule has 0 saturated carbocycles. The zero-order valence-corrected chi connectivity index (χ0v) is 13.3. The maximum Gasteiger partial charge on any atom is 0.332 e. The molecule has 0 spiro atoms. The van der Waals surface area contributed by atoms with Gasteiger partial charge in [0.2, 0.25) is 0 Å². The number of aliphatic carboxylic acids is 1.